The molecule has 2 fully saturated rings. The van der Waals surface area contributed by atoms with Crippen LogP contribution in [0.25, 0.3) is 0 Å². The van der Waals surface area contributed by atoms with Gasteiger partial charge < -0.3 is 34.6 Å². The molecule has 2 saturated heterocycles. The van der Waals surface area contributed by atoms with Gasteiger partial charge in [0.05, 0.1) is 12.6 Å². The van der Waals surface area contributed by atoms with Crippen LogP contribution in [0.2, 0.25) is 0 Å². The zero-order valence-electron chi connectivity index (χ0n) is 25.1. The highest BCUT2D eigenvalue weighted by atomic mass is 32.1. The molecule has 1 aromatic heterocycles. The van der Waals surface area contributed by atoms with Crippen molar-refractivity contribution in [3.05, 3.63) is 11.1 Å². The van der Waals surface area contributed by atoms with Gasteiger partial charge in [0.25, 0.3) is 5.91 Å². The van der Waals surface area contributed by atoms with Crippen LogP contribution in [0.1, 0.15) is 68.0 Å². The fourth-order valence-electron chi connectivity index (χ4n) is 3.66. The van der Waals surface area contributed by atoms with Crippen molar-refractivity contribution >= 4 is 52.2 Å². The number of nitrogens with zero attached hydrogens (tertiary/aromatic N) is 3. The molecule has 0 aliphatic carbocycles. The van der Waals surface area contributed by atoms with E-state index in [-0.39, 0.29) is 29.2 Å². The molecule has 0 bridgehead atoms. The monoisotopic (exact) mass is 610 g/mol. The third kappa shape index (κ3) is 8.77. The zero-order chi connectivity index (χ0) is 31.6. The Hall–Kier alpha value is -3.95. The van der Waals surface area contributed by atoms with Gasteiger partial charge in [-0.1, -0.05) is 5.16 Å². The van der Waals surface area contributed by atoms with Gasteiger partial charge in [-0.15, -0.1) is 11.3 Å². The van der Waals surface area contributed by atoms with E-state index < -0.39 is 58.9 Å². The molecule has 16 heteroatoms. The number of hydrogen-bond acceptors (Lipinski definition) is 12. The van der Waals surface area contributed by atoms with Gasteiger partial charge in [0.15, 0.2) is 10.8 Å². The quantitative estimate of drug-likeness (QED) is 0.123. The summed E-state index contributed by atoms with van der Waals surface area (Å²) in [4.78, 5) is 73.9. The Labute approximate surface area is 247 Å². The van der Waals surface area contributed by atoms with Crippen molar-refractivity contribution in [2.24, 2.45) is 5.16 Å². The van der Waals surface area contributed by atoms with E-state index in [9.17, 15) is 24.0 Å². The number of anilines is 1. The van der Waals surface area contributed by atoms with E-state index in [0.29, 0.717) is 6.54 Å². The van der Waals surface area contributed by atoms with Gasteiger partial charge in [-0.3, -0.25) is 14.9 Å². The molecule has 4 amide bonds. The lowest BCUT2D eigenvalue weighted by atomic mass is 9.98. The highest BCUT2D eigenvalue weighted by molar-refractivity contribution is 7.14. The Kier molecular flexibility index (Phi) is 9.39. The average Bonchev–Trinajstić information content (AvgIpc) is 3.40. The van der Waals surface area contributed by atoms with Gasteiger partial charge in [0, 0.05) is 11.9 Å². The molecular weight excluding hydrogens is 572 g/mol. The standard InChI is InChI=1S/C26H38N6O9S/c1-13-10-32(23(37)38-13)11-14-16(18(33)27-14)29-19(34)17(31-41-26(8,9)20(35)39-24(2,3)4)15-12-42-21(28-15)30-22(36)40-25(5,6)7/h12-14,16H,10-11H2,1-9H3,(H,27,33)(H,29,34)(H,28,30,36)/b31-17-/t13-,14-,16+/m1/s1. The molecule has 3 rings (SSSR count). The molecule has 0 saturated carbocycles. The summed E-state index contributed by atoms with van der Waals surface area (Å²) < 4.78 is 15.7. The molecule has 1 aromatic rings. The van der Waals surface area contributed by atoms with E-state index in [1.807, 2.05) is 0 Å². The Morgan fingerprint density at radius 1 is 1.12 bits per heavy atom. The topological polar surface area (TPSA) is 187 Å². The molecule has 2 aliphatic heterocycles. The number of amides is 4. The van der Waals surface area contributed by atoms with Crippen LogP contribution in [0.5, 0.6) is 0 Å². The first kappa shape index (κ1) is 32.6. The Morgan fingerprint density at radius 2 is 1.76 bits per heavy atom. The van der Waals surface area contributed by atoms with E-state index in [1.165, 1.54) is 24.1 Å². The molecule has 0 radical (unpaired) electrons. The molecule has 42 heavy (non-hydrogen) atoms. The normalized spacial score (nSPS) is 21.1. The van der Waals surface area contributed by atoms with Crippen LogP contribution >= 0.6 is 11.3 Å². The van der Waals surface area contributed by atoms with E-state index in [0.717, 1.165) is 11.3 Å². The summed E-state index contributed by atoms with van der Waals surface area (Å²) in [5.74, 6) is -2.03. The number of hydrogen-bond donors (Lipinski definition) is 3. The van der Waals surface area contributed by atoms with E-state index >= 15 is 0 Å². The first-order valence-electron chi connectivity index (χ1n) is 13.3. The second kappa shape index (κ2) is 12.1. The number of carbonyl (C=O) groups is 5. The largest absolute Gasteiger partial charge is 0.457 e. The summed E-state index contributed by atoms with van der Waals surface area (Å²) in [7, 11) is 0. The number of rotatable bonds is 9. The molecule has 2 aliphatic rings. The van der Waals surface area contributed by atoms with Gasteiger partial charge in [-0.2, -0.15) is 0 Å². The molecule has 0 unspecified atom stereocenters. The lowest BCUT2D eigenvalue weighted by Gasteiger charge is -2.38. The minimum atomic E-state index is -1.60. The lowest BCUT2D eigenvalue weighted by Crippen LogP contribution is -2.72. The van der Waals surface area contributed by atoms with Crippen molar-refractivity contribution in [3.63, 3.8) is 0 Å². The van der Waals surface area contributed by atoms with Crippen molar-refractivity contribution < 1.29 is 43.0 Å². The Balaban J connectivity index is 1.82. The fraction of sp³-hybridized carbons (Fsp3) is 0.654. The molecule has 0 spiro atoms. The second-order valence-corrected chi connectivity index (χ2v) is 13.2. The van der Waals surface area contributed by atoms with Gasteiger partial charge >= 0.3 is 18.2 Å². The molecule has 0 aromatic carbocycles. The summed E-state index contributed by atoms with van der Waals surface area (Å²) in [5.41, 5.74) is -3.52. The van der Waals surface area contributed by atoms with E-state index in [2.05, 4.69) is 26.1 Å². The molecule has 3 N–H and O–H groups in total. The van der Waals surface area contributed by atoms with Crippen LogP contribution < -0.4 is 16.0 Å². The van der Waals surface area contributed by atoms with Crippen molar-refractivity contribution in [2.45, 2.75) is 97.3 Å². The minimum absolute atomic E-state index is 0.00299. The number of cyclic esters (lactones) is 1. The van der Waals surface area contributed by atoms with Crippen molar-refractivity contribution in [2.75, 3.05) is 18.4 Å². The lowest BCUT2D eigenvalue weighted by molar-refractivity contribution is -0.179. The summed E-state index contributed by atoms with van der Waals surface area (Å²) in [5, 5.41) is 13.2. The summed E-state index contributed by atoms with van der Waals surface area (Å²) in [6.45, 7) is 15.2. The zero-order valence-corrected chi connectivity index (χ0v) is 26.0. The SMILES string of the molecule is C[C@@H]1CN(C[C@H]2NC(=O)[C@H]2NC(=O)/C(=N\OC(C)(C)C(=O)OC(C)(C)C)c2csc(NC(=O)OC(C)(C)C)n2)C(=O)O1. The van der Waals surface area contributed by atoms with Gasteiger partial charge in [0.1, 0.15) is 29.0 Å². The predicted octanol–water partition coefficient (Wildman–Crippen LogP) is 2.16. The maximum Gasteiger partial charge on any atom is 0.413 e. The molecule has 3 atom stereocenters. The van der Waals surface area contributed by atoms with Crippen LogP contribution in [0, 0.1) is 0 Å². The minimum Gasteiger partial charge on any atom is -0.457 e. The van der Waals surface area contributed by atoms with Gasteiger partial charge in [0.2, 0.25) is 11.5 Å². The second-order valence-electron chi connectivity index (χ2n) is 12.4. The number of nitrogens with one attached hydrogen (secondary N) is 3. The van der Waals surface area contributed by atoms with Crippen molar-refractivity contribution in [1.82, 2.24) is 20.5 Å². The first-order chi connectivity index (χ1) is 19.2. The summed E-state index contributed by atoms with van der Waals surface area (Å²) >= 11 is 0.990. The molecule has 232 valence electrons. The number of aromatic nitrogens is 1. The number of thiazole rings is 1. The number of carbonyl (C=O) groups excluding carboxylic acids is 5. The van der Waals surface area contributed by atoms with Crippen molar-refractivity contribution in [3.8, 4) is 0 Å². The maximum absolute atomic E-state index is 13.5. The van der Waals surface area contributed by atoms with Crippen LogP contribution in [-0.2, 0) is 33.4 Å². The molecule has 15 nitrogen and oxygen atoms in total. The van der Waals surface area contributed by atoms with Crippen LogP contribution in [-0.4, -0.2) is 93.6 Å². The Bertz CT molecular complexity index is 1260. The van der Waals surface area contributed by atoms with Gasteiger partial charge in [-0.25, -0.2) is 19.4 Å². The fourth-order valence-corrected chi connectivity index (χ4v) is 4.34. The van der Waals surface area contributed by atoms with E-state index in [4.69, 9.17) is 19.0 Å². The third-order valence-corrected chi connectivity index (χ3v) is 6.34. The van der Waals surface area contributed by atoms with Gasteiger partial charge in [-0.05, 0) is 62.3 Å². The number of esters is 1. The van der Waals surface area contributed by atoms with E-state index in [1.54, 1.807) is 48.5 Å². The first-order valence-corrected chi connectivity index (χ1v) is 14.1. The number of oxime groups is 1. The van der Waals surface area contributed by atoms with Crippen LogP contribution in [0.3, 0.4) is 0 Å². The maximum atomic E-state index is 13.5. The average molecular weight is 611 g/mol. The smallest absolute Gasteiger partial charge is 0.413 e. The summed E-state index contributed by atoms with van der Waals surface area (Å²) in [6.07, 6.45) is -1.56. The van der Waals surface area contributed by atoms with Crippen molar-refractivity contribution in [1.29, 1.82) is 0 Å². The molecular formula is C26H38N6O9S. The third-order valence-electron chi connectivity index (χ3n) is 5.58. The van der Waals surface area contributed by atoms with Crippen LogP contribution in [0.4, 0.5) is 14.7 Å². The highest BCUT2D eigenvalue weighted by Gasteiger charge is 2.44. The Morgan fingerprint density at radius 3 is 2.31 bits per heavy atom. The predicted molar refractivity (Wildman–Crippen MR) is 151 cm³/mol. The van der Waals surface area contributed by atoms with Crippen LogP contribution in [0.15, 0.2) is 10.5 Å². The molecule has 3 heterocycles. The highest BCUT2D eigenvalue weighted by Crippen LogP contribution is 2.22. The summed E-state index contributed by atoms with van der Waals surface area (Å²) in [6, 6.07) is -1.58. The number of ether oxygens (including phenoxy) is 3. The number of β-lactam (4-membered cyclic amide) rings is 1.